The molecule has 0 heterocycles. The number of nitrogens with zero attached hydrogens (tertiary/aromatic N) is 1. The van der Waals surface area contributed by atoms with Crippen molar-refractivity contribution in [3.8, 4) is 6.07 Å². The molecule has 2 heteroatoms. The largest absolute Gasteiger partial charge is 0.384 e. The molecule has 0 radical (unpaired) electrons. The van der Waals surface area contributed by atoms with Gasteiger partial charge in [0.15, 0.2) is 0 Å². The van der Waals surface area contributed by atoms with E-state index in [0.29, 0.717) is 18.1 Å². The first-order valence-corrected chi connectivity index (χ1v) is 4.27. The first-order valence-electron chi connectivity index (χ1n) is 4.27. The number of ether oxygens (including phenoxy) is 1. The van der Waals surface area contributed by atoms with Crippen LogP contribution in [-0.2, 0) is 4.74 Å². The fourth-order valence-electron chi connectivity index (χ4n) is 1.26. The molecule has 0 amide bonds. The van der Waals surface area contributed by atoms with Crippen LogP contribution in [0, 0.1) is 11.3 Å². The maximum absolute atomic E-state index is 8.69. The van der Waals surface area contributed by atoms with E-state index in [9.17, 15) is 0 Å². The van der Waals surface area contributed by atoms with Crippen LogP contribution in [0.3, 0.4) is 0 Å². The minimum absolute atomic E-state index is 0.346. The highest BCUT2D eigenvalue weighted by atomic mass is 16.5. The normalized spacial score (nSPS) is 12.1. The third-order valence-electron chi connectivity index (χ3n) is 2.00. The van der Waals surface area contributed by atoms with Crippen molar-refractivity contribution in [2.75, 3.05) is 13.7 Å². The molecule has 0 aromatic heterocycles. The summed E-state index contributed by atoms with van der Waals surface area (Å²) in [6.07, 6.45) is 0. The van der Waals surface area contributed by atoms with Crippen LogP contribution in [0.1, 0.15) is 24.0 Å². The fourth-order valence-corrected chi connectivity index (χ4v) is 1.26. The van der Waals surface area contributed by atoms with E-state index in [1.54, 1.807) is 7.11 Å². The van der Waals surface area contributed by atoms with Crippen molar-refractivity contribution in [1.82, 2.24) is 0 Å². The van der Waals surface area contributed by atoms with Crippen molar-refractivity contribution in [2.45, 2.75) is 12.8 Å². The van der Waals surface area contributed by atoms with E-state index in [0.717, 1.165) is 5.56 Å². The van der Waals surface area contributed by atoms with Crippen LogP contribution < -0.4 is 0 Å². The Morgan fingerprint density at radius 2 is 2.31 bits per heavy atom. The predicted molar refractivity (Wildman–Crippen MR) is 51.4 cm³/mol. The number of methoxy groups -OCH3 is 1. The van der Waals surface area contributed by atoms with Gasteiger partial charge in [-0.15, -0.1) is 0 Å². The van der Waals surface area contributed by atoms with Gasteiger partial charge in [0.1, 0.15) is 0 Å². The minimum Gasteiger partial charge on any atom is -0.384 e. The number of hydrogen-bond acceptors (Lipinski definition) is 2. The average molecular weight is 175 g/mol. The fraction of sp³-hybridized carbons (Fsp3) is 0.364. The minimum atomic E-state index is 0.346. The number of rotatable bonds is 3. The van der Waals surface area contributed by atoms with Crippen LogP contribution in [0.15, 0.2) is 24.3 Å². The molecule has 0 aliphatic heterocycles. The molecule has 13 heavy (non-hydrogen) atoms. The standard InChI is InChI=1S/C11H13NO/c1-9(8-13-2)11-5-3-4-10(6-11)7-12/h3-6,9H,8H2,1-2H3. The van der Waals surface area contributed by atoms with E-state index in [-0.39, 0.29) is 0 Å². The third kappa shape index (κ3) is 2.57. The molecule has 1 rings (SSSR count). The smallest absolute Gasteiger partial charge is 0.0991 e. The summed E-state index contributed by atoms with van der Waals surface area (Å²) in [7, 11) is 1.69. The van der Waals surface area contributed by atoms with Gasteiger partial charge in [0.25, 0.3) is 0 Å². The first-order chi connectivity index (χ1) is 6.27. The summed E-state index contributed by atoms with van der Waals surface area (Å²) in [6.45, 7) is 2.77. The van der Waals surface area contributed by atoms with Gasteiger partial charge in [-0.3, -0.25) is 0 Å². The van der Waals surface area contributed by atoms with Gasteiger partial charge in [-0.2, -0.15) is 5.26 Å². The summed E-state index contributed by atoms with van der Waals surface area (Å²) in [5.41, 5.74) is 1.86. The maximum Gasteiger partial charge on any atom is 0.0991 e. The summed E-state index contributed by atoms with van der Waals surface area (Å²) >= 11 is 0. The molecule has 2 nitrogen and oxygen atoms in total. The van der Waals surface area contributed by atoms with Crippen LogP contribution in [0.5, 0.6) is 0 Å². The van der Waals surface area contributed by atoms with Crippen molar-refractivity contribution >= 4 is 0 Å². The van der Waals surface area contributed by atoms with Gasteiger partial charge in [0.2, 0.25) is 0 Å². The second-order valence-electron chi connectivity index (χ2n) is 3.09. The lowest BCUT2D eigenvalue weighted by Crippen LogP contribution is -2.01. The molecule has 0 spiro atoms. The molecule has 0 saturated carbocycles. The van der Waals surface area contributed by atoms with Gasteiger partial charge < -0.3 is 4.74 Å². The van der Waals surface area contributed by atoms with E-state index in [1.165, 1.54) is 0 Å². The van der Waals surface area contributed by atoms with Gasteiger partial charge in [-0.05, 0) is 17.7 Å². The van der Waals surface area contributed by atoms with Gasteiger partial charge in [0, 0.05) is 13.0 Å². The SMILES string of the molecule is COCC(C)c1cccc(C#N)c1. The van der Waals surface area contributed by atoms with Crippen molar-refractivity contribution in [1.29, 1.82) is 5.26 Å². The monoisotopic (exact) mass is 175 g/mol. The first kappa shape index (κ1) is 9.76. The van der Waals surface area contributed by atoms with E-state index < -0.39 is 0 Å². The molecule has 1 atom stereocenters. The Labute approximate surface area is 78.8 Å². The predicted octanol–water partition coefficient (Wildman–Crippen LogP) is 2.31. The molecule has 0 aliphatic carbocycles. The van der Waals surface area contributed by atoms with E-state index in [1.807, 2.05) is 24.3 Å². The Hall–Kier alpha value is -1.33. The zero-order chi connectivity index (χ0) is 9.68. The van der Waals surface area contributed by atoms with Crippen molar-refractivity contribution in [3.63, 3.8) is 0 Å². The van der Waals surface area contributed by atoms with Gasteiger partial charge >= 0.3 is 0 Å². The van der Waals surface area contributed by atoms with Crippen LogP contribution in [0.25, 0.3) is 0 Å². The lowest BCUT2D eigenvalue weighted by Gasteiger charge is -2.10. The summed E-state index contributed by atoms with van der Waals surface area (Å²) in [5, 5.41) is 8.69. The van der Waals surface area contributed by atoms with Gasteiger partial charge in [0.05, 0.1) is 18.2 Å². The van der Waals surface area contributed by atoms with Crippen molar-refractivity contribution < 1.29 is 4.74 Å². The number of benzene rings is 1. The third-order valence-corrected chi connectivity index (χ3v) is 2.00. The Bertz CT molecular complexity index is 314. The average Bonchev–Trinajstić information content (AvgIpc) is 2.18. The summed E-state index contributed by atoms with van der Waals surface area (Å²) in [4.78, 5) is 0. The van der Waals surface area contributed by atoms with Crippen LogP contribution >= 0.6 is 0 Å². The topological polar surface area (TPSA) is 33.0 Å². The zero-order valence-electron chi connectivity index (χ0n) is 7.95. The molecule has 0 aliphatic rings. The van der Waals surface area contributed by atoms with Crippen LogP contribution in [-0.4, -0.2) is 13.7 Å². The molecular weight excluding hydrogens is 162 g/mol. The molecule has 0 N–H and O–H groups in total. The van der Waals surface area contributed by atoms with E-state index in [4.69, 9.17) is 10.00 Å². The van der Waals surface area contributed by atoms with Crippen LogP contribution in [0.4, 0.5) is 0 Å². The highest BCUT2D eigenvalue weighted by molar-refractivity contribution is 5.34. The quantitative estimate of drug-likeness (QED) is 0.706. The number of nitriles is 1. The van der Waals surface area contributed by atoms with Crippen molar-refractivity contribution in [2.24, 2.45) is 0 Å². The molecule has 0 saturated heterocycles. The number of hydrogen-bond donors (Lipinski definition) is 0. The van der Waals surface area contributed by atoms with E-state index >= 15 is 0 Å². The Balaban J connectivity index is 2.83. The molecule has 1 aromatic rings. The maximum atomic E-state index is 8.69. The summed E-state index contributed by atoms with van der Waals surface area (Å²) < 4.78 is 5.05. The van der Waals surface area contributed by atoms with E-state index in [2.05, 4.69) is 13.0 Å². The lowest BCUT2D eigenvalue weighted by atomic mass is 10.0. The molecule has 68 valence electrons. The van der Waals surface area contributed by atoms with Crippen LogP contribution in [0.2, 0.25) is 0 Å². The Kier molecular flexibility index (Phi) is 3.48. The Morgan fingerprint density at radius 3 is 2.92 bits per heavy atom. The van der Waals surface area contributed by atoms with Gasteiger partial charge in [-0.25, -0.2) is 0 Å². The highest BCUT2D eigenvalue weighted by Gasteiger charge is 2.04. The lowest BCUT2D eigenvalue weighted by molar-refractivity contribution is 0.184. The molecule has 0 bridgehead atoms. The second-order valence-corrected chi connectivity index (χ2v) is 3.09. The summed E-state index contributed by atoms with van der Waals surface area (Å²) in [6, 6.07) is 9.76. The second kappa shape index (κ2) is 4.64. The molecule has 1 unspecified atom stereocenters. The highest BCUT2D eigenvalue weighted by Crippen LogP contribution is 2.16. The van der Waals surface area contributed by atoms with Gasteiger partial charge in [-0.1, -0.05) is 19.1 Å². The molecule has 1 aromatic carbocycles. The molecule has 0 fully saturated rings. The molecular formula is C11H13NO. The Morgan fingerprint density at radius 1 is 1.54 bits per heavy atom. The summed E-state index contributed by atoms with van der Waals surface area (Å²) in [5.74, 6) is 0.346. The zero-order valence-corrected chi connectivity index (χ0v) is 7.95. The van der Waals surface area contributed by atoms with Crippen molar-refractivity contribution in [3.05, 3.63) is 35.4 Å².